The standard InChI is InChI=1S/C36H57N9O6/c1-49-34(46)10-4-7-16-43-19-13-37-31(43)28-40-22-24-41(29-32-38-14-20-44(32)17-8-5-11-35(47)50-2)26-27-42(25-23-40)30-33-39-15-21-45(33)18-9-6-12-36(48)51-3/h13-15,19-21H,4-12,16-18,22-30H2,1-3H3. The van der Waals surface area contributed by atoms with Gasteiger partial charge in [0.25, 0.3) is 0 Å². The Morgan fingerprint density at radius 3 is 1.02 bits per heavy atom. The highest BCUT2D eigenvalue weighted by molar-refractivity contribution is 5.69. The highest BCUT2D eigenvalue weighted by Crippen LogP contribution is 2.14. The van der Waals surface area contributed by atoms with Crippen LogP contribution in [0.4, 0.5) is 0 Å². The first-order valence-corrected chi connectivity index (χ1v) is 18.3. The van der Waals surface area contributed by atoms with Crippen LogP contribution in [-0.2, 0) is 67.9 Å². The molecule has 0 spiro atoms. The number of carbonyl (C=O) groups is 3. The Labute approximate surface area is 301 Å². The molecule has 3 aromatic heterocycles. The van der Waals surface area contributed by atoms with Crippen molar-refractivity contribution in [1.82, 2.24) is 43.4 Å². The predicted octanol–water partition coefficient (Wildman–Crippen LogP) is 3.13. The first-order chi connectivity index (χ1) is 24.9. The molecular formula is C36H57N9O6. The summed E-state index contributed by atoms with van der Waals surface area (Å²) in [4.78, 5) is 56.3. The zero-order valence-corrected chi connectivity index (χ0v) is 30.8. The minimum atomic E-state index is -0.172. The van der Waals surface area contributed by atoms with Crippen LogP contribution < -0.4 is 0 Å². The van der Waals surface area contributed by atoms with Crippen molar-refractivity contribution in [3.63, 3.8) is 0 Å². The Bertz CT molecular complexity index is 1290. The molecule has 1 aliphatic heterocycles. The van der Waals surface area contributed by atoms with Crippen molar-refractivity contribution in [2.75, 3.05) is 60.6 Å². The third-order valence-corrected chi connectivity index (χ3v) is 9.47. The molecule has 1 saturated heterocycles. The lowest BCUT2D eigenvalue weighted by Gasteiger charge is -2.26. The third kappa shape index (κ3) is 13.9. The molecule has 4 heterocycles. The van der Waals surface area contributed by atoms with E-state index < -0.39 is 0 Å². The van der Waals surface area contributed by atoms with Gasteiger partial charge in [-0.1, -0.05) is 0 Å². The molecule has 0 atom stereocenters. The number of rotatable bonds is 21. The molecule has 3 aromatic rings. The molecule has 0 saturated carbocycles. The van der Waals surface area contributed by atoms with E-state index in [0.29, 0.717) is 19.3 Å². The molecule has 0 radical (unpaired) electrons. The van der Waals surface area contributed by atoms with E-state index in [-0.39, 0.29) is 17.9 Å². The monoisotopic (exact) mass is 711 g/mol. The van der Waals surface area contributed by atoms with Gasteiger partial charge in [0.2, 0.25) is 0 Å². The van der Waals surface area contributed by atoms with Crippen molar-refractivity contribution in [1.29, 1.82) is 0 Å². The number of aryl methyl sites for hydroxylation is 3. The molecule has 1 aliphatic rings. The minimum Gasteiger partial charge on any atom is -0.469 e. The first-order valence-electron chi connectivity index (χ1n) is 18.3. The third-order valence-electron chi connectivity index (χ3n) is 9.47. The Balaban J connectivity index is 1.41. The Kier molecular flexibility index (Phi) is 17.1. The van der Waals surface area contributed by atoms with Gasteiger partial charge in [0, 0.05) is 115 Å². The molecule has 0 amide bonds. The predicted molar refractivity (Wildman–Crippen MR) is 190 cm³/mol. The maximum absolute atomic E-state index is 11.6. The van der Waals surface area contributed by atoms with E-state index in [0.717, 1.165) is 135 Å². The van der Waals surface area contributed by atoms with Crippen LogP contribution in [0.1, 0.15) is 75.3 Å². The van der Waals surface area contributed by atoms with Crippen LogP contribution in [0.25, 0.3) is 0 Å². The van der Waals surface area contributed by atoms with E-state index >= 15 is 0 Å². The molecule has 15 heteroatoms. The van der Waals surface area contributed by atoms with Crippen LogP contribution in [0.2, 0.25) is 0 Å². The van der Waals surface area contributed by atoms with Gasteiger partial charge >= 0.3 is 17.9 Å². The molecule has 282 valence electrons. The molecule has 15 nitrogen and oxygen atoms in total. The summed E-state index contributed by atoms with van der Waals surface area (Å²) in [5.41, 5.74) is 0. The van der Waals surface area contributed by atoms with Crippen LogP contribution in [0.5, 0.6) is 0 Å². The van der Waals surface area contributed by atoms with Gasteiger partial charge in [-0.3, -0.25) is 29.1 Å². The maximum atomic E-state index is 11.6. The second kappa shape index (κ2) is 22.0. The van der Waals surface area contributed by atoms with Gasteiger partial charge in [-0.2, -0.15) is 0 Å². The summed E-state index contributed by atoms with van der Waals surface area (Å²) in [7, 11) is 4.29. The highest BCUT2D eigenvalue weighted by Gasteiger charge is 2.21. The van der Waals surface area contributed by atoms with Crippen molar-refractivity contribution >= 4 is 17.9 Å². The second-order valence-electron chi connectivity index (χ2n) is 13.0. The second-order valence-corrected chi connectivity index (χ2v) is 13.0. The van der Waals surface area contributed by atoms with E-state index in [2.05, 4.69) is 28.4 Å². The summed E-state index contributed by atoms with van der Waals surface area (Å²) < 4.78 is 21.0. The zero-order valence-electron chi connectivity index (χ0n) is 30.8. The van der Waals surface area contributed by atoms with Gasteiger partial charge in [0.1, 0.15) is 17.5 Å². The minimum absolute atomic E-state index is 0.172. The van der Waals surface area contributed by atoms with E-state index in [4.69, 9.17) is 29.2 Å². The lowest BCUT2D eigenvalue weighted by Crippen LogP contribution is -2.36. The van der Waals surface area contributed by atoms with Crippen molar-refractivity contribution in [2.24, 2.45) is 0 Å². The molecule has 0 aliphatic carbocycles. The van der Waals surface area contributed by atoms with Crippen molar-refractivity contribution < 1.29 is 28.6 Å². The fourth-order valence-corrected chi connectivity index (χ4v) is 6.30. The summed E-state index contributed by atoms with van der Waals surface area (Å²) in [6.45, 7) is 9.94. The van der Waals surface area contributed by atoms with Crippen molar-refractivity contribution in [2.45, 2.75) is 97.1 Å². The molecule has 0 bridgehead atoms. The Morgan fingerprint density at radius 2 is 0.765 bits per heavy atom. The van der Waals surface area contributed by atoms with Crippen molar-refractivity contribution in [3.8, 4) is 0 Å². The number of methoxy groups -OCH3 is 3. The first kappa shape index (κ1) is 39.7. The van der Waals surface area contributed by atoms with Crippen LogP contribution in [0, 0.1) is 0 Å². The van der Waals surface area contributed by atoms with Gasteiger partial charge in [-0.05, 0) is 38.5 Å². The number of esters is 3. The zero-order chi connectivity index (χ0) is 36.3. The number of unbranched alkanes of at least 4 members (excludes halogenated alkanes) is 3. The quantitative estimate of drug-likeness (QED) is 0.0911. The van der Waals surface area contributed by atoms with E-state index in [1.54, 1.807) is 0 Å². The number of hydrogen-bond donors (Lipinski definition) is 0. The molecular weight excluding hydrogens is 654 g/mol. The van der Waals surface area contributed by atoms with E-state index in [1.807, 2.05) is 37.2 Å². The fraction of sp³-hybridized carbons (Fsp3) is 0.667. The molecule has 51 heavy (non-hydrogen) atoms. The van der Waals surface area contributed by atoms with E-state index in [9.17, 15) is 14.4 Å². The van der Waals surface area contributed by atoms with Gasteiger partial charge < -0.3 is 27.9 Å². The van der Waals surface area contributed by atoms with Gasteiger partial charge in [-0.25, -0.2) is 15.0 Å². The van der Waals surface area contributed by atoms with Gasteiger partial charge in [-0.15, -0.1) is 0 Å². The molecule has 4 rings (SSSR count). The number of nitrogens with zero attached hydrogens (tertiary/aromatic N) is 9. The van der Waals surface area contributed by atoms with Crippen LogP contribution >= 0.6 is 0 Å². The van der Waals surface area contributed by atoms with E-state index in [1.165, 1.54) is 21.3 Å². The lowest BCUT2D eigenvalue weighted by atomic mass is 10.2. The average Bonchev–Trinajstić information content (AvgIpc) is 3.91. The Morgan fingerprint density at radius 1 is 0.490 bits per heavy atom. The molecule has 1 fully saturated rings. The topological polar surface area (TPSA) is 142 Å². The average molecular weight is 712 g/mol. The molecule has 0 unspecified atom stereocenters. The summed E-state index contributed by atoms with van der Waals surface area (Å²) in [5.74, 6) is 2.55. The summed E-state index contributed by atoms with van der Waals surface area (Å²) >= 11 is 0. The number of carbonyl (C=O) groups excluding carboxylic acids is 3. The van der Waals surface area contributed by atoms with Crippen LogP contribution in [-0.4, -0.2) is 122 Å². The number of hydrogen-bond acceptors (Lipinski definition) is 12. The molecule has 0 aromatic carbocycles. The largest absolute Gasteiger partial charge is 0.469 e. The smallest absolute Gasteiger partial charge is 0.305 e. The summed E-state index contributed by atoms with van der Waals surface area (Å²) in [6, 6.07) is 0. The molecule has 0 N–H and O–H groups in total. The van der Waals surface area contributed by atoms with Crippen LogP contribution in [0.15, 0.2) is 37.2 Å². The lowest BCUT2D eigenvalue weighted by molar-refractivity contribution is -0.141. The Hall–Kier alpha value is -4.08. The summed E-state index contributed by atoms with van der Waals surface area (Å²) in [6.07, 6.45) is 17.9. The van der Waals surface area contributed by atoms with Gasteiger partial charge in [0.05, 0.1) is 41.0 Å². The normalized spacial score (nSPS) is 14.9. The number of ether oxygens (including phenoxy) is 3. The number of imidazole rings is 3. The fourth-order valence-electron chi connectivity index (χ4n) is 6.30. The highest BCUT2D eigenvalue weighted by atomic mass is 16.5. The van der Waals surface area contributed by atoms with Crippen LogP contribution in [0.3, 0.4) is 0 Å². The summed E-state index contributed by atoms with van der Waals surface area (Å²) in [5, 5.41) is 0. The van der Waals surface area contributed by atoms with Crippen molar-refractivity contribution in [3.05, 3.63) is 54.7 Å². The number of aromatic nitrogens is 6. The maximum Gasteiger partial charge on any atom is 0.305 e. The van der Waals surface area contributed by atoms with Gasteiger partial charge in [0.15, 0.2) is 0 Å². The SMILES string of the molecule is COC(=O)CCCCn1ccnc1CN1CCN(Cc2nccn2CCCCC(=O)OC)CCN(Cc2nccn2CCCCC(=O)OC)CC1.